The molecule has 0 saturated carbocycles. The topological polar surface area (TPSA) is 54.2 Å². The highest BCUT2D eigenvalue weighted by atomic mass is 15.1. The van der Waals surface area contributed by atoms with E-state index in [2.05, 4.69) is 55.2 Å². The summed E-state index contributed by atoms with van der Waals surface area (Å²) in [5.41, 5.74) is 1.07. The minimum absolute atomic E-state index is 0.208. The van der Waals surface area contributed by atoms with Gasteiger partial charge in [0, 0.05) is 25.5 Å². The number of nitrogens with zero attached hydrogens (tertiary/aromatic N) is 3. The number of hydrogen-bond donors (Lipinski definition) is 2. The van der Waals surface area contributed by atoms with E-state index in [1.165, 1.54) is 0 Å². The van der Waals surface area contributed by atoms with E-state index in [1.807, 2.05) is 16.8 Å². The molecule has 0 fully saturated rings. The van der Waals surface area contributed by atoms with Gasteiger partial charge in [0.2, 0.25) is 0 Å². The van der Waals surface area contributed by atoms with Crippen molar-refractivity contribution < 1.29 is 0 Å². The molecule has 2 N–H and O–H groups in total. The van der Waals surface area contributed by atoms with Gasteiger partial charge >= 0.3 is 0 Å². The molecule has 0 aliphatic carbocycles. The van der Waals surface area contributed by atoms with Gasteiger partial charge in [-0.3, -0.25) is 0 Å². The van der Waals surface area contributed by atoms with Crippen molar-refractivity contribution in [3.8, 4) is 0 Å². The summed E-state index contributed by atoms with van der Waals surface area (Å²) in [7, 11) is 0. The Labute approximate surface area is 120 Å². The lowest BCUT2D eigenvalue weighted by Crippen LogP contribution is -2.29. The van der Waals surface area contributed by atoms with Crippen LogP contribution in [0.3, 0.4) is 0 Å². The molecule has 0 aliphatic rings. The zero-order valence-electron chi connectivity index (χ0n) is 13.1. The third kappa shape index (κ3) is 3.03. The third-order valence-electron chi connectivity index (χ3n) is 4.01. The molecule has 0 bridgehead atoms. The van der Waals surface area contributed by atoms with Crippen molar-refractivity contribution in [2.75, 3.05) is 23.7 Å². The molecule has 2 rings (SSSR count). The normalized spacial score (nSPS) is 12.1. The summed E-state index contributed by atoms with van der Waals surface area (Å²) in [6.07, 6.45) is 5.70. The molecule has 0 aromatic carbocycles. The molecular formula is C15H25N5. The van der Waals surface area contributed by atoms with Gasteiger partial charge in [-0.25, -0.2) is 9.97 Å². The molecule has 2 aromatic rings. The molecule has 2 aromatic heterocycles. The Morgan fingerprint density at radius 1 is 1.30 bits per heavy atom. The first kappa shape index (κ1) is 14.6. The van der Waals surface area contributed by atoms with E-state index < -0.39 is 0 Å². The fraction of sp³-hybridized carbons (Fsp3) is 0.600. The van der Waals surface area contributed by atoms with Crippen LogP contribution in [0, 0.1) is 11.3 Å². The second-order valence-corrected chi connectivity index (χ2v) is 6.16. The highest BCUT2D eigenvalue weighted by molar-refractivity contribution is 5.65. The van der Waals surface area contributed by atoms with Gasteiger partial charge in [0.1, 0.15) is 5.82 Å². The minimum Gasteiger partial charge on any atom is -0.369 e. The highest BCUT2D eigenvalue weighted by Gasteiger charge is 2.22. The maximum Gasteiger partial charge on any atom is 0.180 e. The van der Waals surface area contributed by atoms with Crippen LogP contribution in [0.2, 0.25) is 0 Å². The maximum absolute atomic E-state index is 4.62. The smallest absolute Gasteiger partial charge is 0.180 e. The molecular weight excluding hydrogens is 250 g/mol. The second-order valence-electron chi connectivity index (χ2n) is 6.16. The number of anilines is 2. The number of imidazole rings is 1. The van der Waals surface area contributed by atoms with Gasteiger partial charge in [-0.2, -0.15) is 0 Å². The van der Waals surface area contributed by atoms with Crippen molar-refractivity contribution >= 4 is 17.3 Å². The van der Waals surface area contributed by atoms with Crippen LogP contribution in [-0.4, -0.2) is 27.5 Å². The predicted octanol–water partition coefficient (Wildman–Crippen LogP) is 3.26. The Morgan fingerprint density at radius 3 is 2.70 bits per heavy atom. The molecule has 0 unspecified atom stereocenters. The summed E-state index contributed by atoms with van der Waals surface area (Å²) in [6.45, 7) is 12.8. The Morgan fingerprint density at radius 2 is 2.05 bits per heavy atom. The Kier molecular flexibility index (Phi) is 4.16. The van der Waals surface area contributed by atoms with Gasteiger partial charge < -0.3 is 15.0 Å². The Balaban J connectivity index is 2.26. The van der Waals surface area contributed by atoms with Gasteiger partial charge in [-0.05, 0) is 18.3 Å². The standard InChI is InChI=1S/C15H25N5/c1-6-16-12-9-20-8-7-17-14(20)13(19-12)18-10-15(4,5)11(2)3/h7-9,11,16H,6,10H2,1-5H3,(H,18,19). The molecule has 0 amide bonds. The van der Waals surface area contributed by atoms with Crippen molar-refractivity contribution in [1.29, 1.82) is 0 Å². The van der Waals surface area contributed by atoms with E-state index in [4.69, 9.17) is 0 Å². The van der Waals surface area contributed by atoms with Gasteiger partial charge in [0.25, 0.3) is 0 Å². The van der Waals surface area contributed by atoms with Crippen LogP contribution >= 0.6 is 0 Å². The minimum atomic E-state index is 0.208. The fourth-order valence-electron chi connectivity index (χ4n) is 1.83. The lowest BCUT2D eigenvalue weighted by atomic mass is 9.81. The number of rotatable bonds is 6. The van der Waals surface area contributed by atoms with Gasteiger partial charge in [0.15, 0.2) is 11.5 Å². The molecule has 110 valence electrons. The van der Waals surface area contributed by atoms with E-state index in [-0.39, 0.29) is 5.41 Å². The summed E-state index contributed by atoms with van der Waals surface area (Å²) in [5.74, 6) is 2.30. The van der Waals surface area contributed by atoms with Crippen LogP contribution in [0.1, 0.15) is 34.6 Å². The fourth-order valence-corrected chi connectivity index (χ4v) is 1.83. The summed E-state index contributed by atoms with van der Waals surface area (Å²) < 4.78 is 2.00. The zero-order valence-corrected chi connectivity index (χ0v) is 13.1. The number of nitrogens with one attached hydrogen (secondary N) is 2. The lowest BCUT2D eigenvalue weighted by Gasteiger charge is -2.29. The van der Waals surface area contributed by atoms with Crippen LogP contribution in [0.5, 0.6) is 0 Å². The average molecular weight is 275 g/mol. The zero-order chi connectivity index (χ0) is 14.8. The quantitative estimate of drug-likeness (QED) is 0.849. The first-order valence-electron chi connectivity index (χ1n) is 7.25. The van der Waals surface area contributed by atoms with E-state index in [9.17, 15) is 0 Å². The van der Waals surface area contributed by atoms with Crippen molar-refractivity contribution in [2.24, 2.45) is 11.3 Å². The number of hydrogen-bond acceptors (Lipinski definition) is 4. The molecule has 0 saturated heterocycles. The average Bonchev–Trinajstić information content (AvgIpc) is 2.84. The molecule has 0 spiro atoms. The van der Waals surface area contributed by atoms with Crippen molar-refractivity contribution in [3.05, 3.63) is 18.6 Å². The van der Waals surface area contributed by atoms with Crippen molar-refractivity contribution in [2.45, 2.75) is 34.6 Å². The summed E-state index contributed by atoms with van der Waals surface area (Å²) in [4.78, 5) is 9.00. The van der Waals surface area contributed by atoms with Gasteiger partial charge in [-0.15, -0.1) is 0 Å². The summed E-state index contributed by atoms with van der Waals surface area (Å²) in [5, 5.41) is 6.71. The number of aromatic nitrogens is 3. The molecule has 5 heteroatoms. The van der Waals surface area contributed by atoms with Crippen LogP contribution in [-0.2, 0) is 0 Å². The van der Waals surface area contributed by atoms with Crippen molar-refractivity contribution in [1.82, 2.24) is 14.4 Å². The second kappa shape index (κ2) is 5.69. The maximum atomic E-state index is 4.62. The molecule has 2 heterocycles. The SMILES string of the molecule is CCNc1cn2ccnc2c(NCC(C)(C)C(C)C)n1. The Hall–Kier alpha value is -1.78. The number of fused-ring (bicyclic) bond motifs is 1. The molecule has 0 radical (unpaired) electrons. The third-order valence-corrected chi connectivity index (χ3v) is 4.01. The molecule has 5 nitrogen and oxygen atoms in total. The summed E-state index contributed by atoms with van der Waals surface area (Å²) in [6, 6.07) is 0. The monoisotopic (exact) mass is 275 g/mol. The van der Waals surface area contributed by atoms with Gasteiger partial charge in [-0.1, -0.05) is 27.7 Å². The van der Waals surface area contributed by atoms with Crippen LogP contribution in [0.4, 0.5) is 11.6 Å². The van der Waals surface area contributed by atoms with Crippen LogP contribution < -0.4 is 10.6 Å². The van der Waals surface area contributed by atoms with E-state index in [0.29, 0.717) is 5.92 Å². The van der Waals surface area contributed by atoms with E-state index in [1.54, 1.807) is 6.20 Å². The molecule has 0 aliphatic heterocycles. The van der Waals surface area contributed by atoms with Crippen LogP contribution in [0.15, 0.2) is 18.6 Å². The summed E-state index contributed by atoms with van der Waals surface area (Å²) >= 11 is 0. The predicted molar refractivity (Wildman–Crippen MR) is 84.3 cm³/mol. The largest absolute Gasteiger partial charge is 0.369 e. The first-order valence-corrected chi connectivity index (χ1v) is 7.25. The van der Waals surface area contributed by atoms with Crippen molar-refractivity contribution in [3.63, 3.8) is 0 Å². The highest BCUT2D eigenvalue weighted by Crippen LogP contribution is 2.27. The Bertz CT molecular complexity index is 571. The lowest BCUT2D eigenvalue weighted by molar-refractivity contribution is 0.269. The van der Waals surface area contributed by atoms with E-state index in [0.717, 1.165) is 30.4 Å². The van der Waals surface area contributed by atoms with E-state index >= 15 is 0 Å². The molecule has 0 atom stereocenters. The van der Waals surface area contributed by atoms with Gasteiger partial charge in [0.05, 0.1) is 6.20 Å². The first-order chi connectivity index (χ1) is 9.44. The van der Waals surface area contributed by atoms with Crippen LogP contribution in [0.25, 0.3) is 5.65 Å². The molecule has 20 heavy (non-hydrogen) atoms.